The monoisotopic (exact) mass is 322 g/mol. The molecule has 0 radical (unpaired) electrons. The van der Waals surface area contributed by atoms with E-state index in [-0.39, 0.29) is 5.91 Å². The van der Waals surface area contributed by atoms with Crippen molar-refractivity contribution < 1.29 is 4.79 Å². The Bertz CT molecular complexity index is 627. The van der Waals surface area contributed by atoms with Crippen LogP contribution in [0.5, 0.6) is 0 Å². The molecule has 0 aliphatic rings. The Balaban J connectivity index is 2.04. The average Bonchev–Trinajstić information content (AvgIpc) is 2.46. The van der Waals surface area contributed by atoms with Crippen LogP contribution >= 0.6 is 23.2 Å². The maximum atomic E-state index is 12.2. The molecule has 0 bridgehead atoms. The first-order chi connectivity index (χ1) is 10.1. The maximum Gasteiger partial charge on any atom is 0.251 e. The number of amides is 1. The van der Waals surface area contributed by atoms with Crippen molar-refractivity contribution in [2.24, 2.45) is 0 Å². The lowest BCUT2D eigenvalue weighted by atomic mass is 10.1. The van der Waals surface area contributed by atoms with Crippen molar-refractivity contribution in [3.8, 4) is 0 Å². The number of benzene rings is 1. The SMILES string of the molecule is CCCc1cc(C(=O)NCc2ccc(Cl)cc2)cc(Cl)n1. The number of halogens is 2. The molecular weight excluding hydrogens is 307 g/mol. The van der Waals surface area contributed by atoms with Gasteiger partial charge in [-0.3, -0.25) is 4.79 Å². The number of hydrogen-bond acceptors (Lipinski definition) is 2. The van der Waals surface area contributed by atoms with Crippen LogP contribution in [-0.2, 0) is 13.0 Å². The Labute approximate surface area is 134 Å². The van der Waals surface area contributed by atoms with Crippen molar-refractivity contribution in [2.45, 2.75) is 26.3 Å². The normalized spacial score (nSPS) is 10.4. The number of pyridine rings is 1. The first-order valence-corrected chi connectivity index (χ1v) is 7.53. The summed E-state index contributed by atoms with van der Waals surface area (Å²) in [6.45, 7) is 2.50. The molecule has 5 heteroatoms. The van der Waals surface area contributed by atoms with E-state index in [1.165, 1.54) is 0 Å². The fourth-order valence-corrected chi connectivity index (χ4v) is 2.31. The molecule has 0 saturated heterocycles. The molecule has 1 aromatic heterocycles. The molecule has 0 aliphatic heterocycles. The summed E-state index contributed by atoms with van der Waals surface area (Å²) in [5.41, 5.74) is 2.36. The number of hydrogen-bond donors (Lipinski definition) is 1. The zero-order valence-corrected chi connectivity index (χ0v) is 13.2. The van der Waals surface area contributed by atoms with Gasteiger partial charge in [-0.2, -0.15) is 0 Å². The minimum absolute atomic E-state index is 0.161. The van der Waals surface area contributed by atoms with E-state index in [1.807, 2.05) is 12.1 Å². The number of aryl methyl sites for hydroxylation is 1. The van der Waals surface area contributed by atoms with E-state index in [0.717, 1.165) is 24.1 Å². The van der Waals surface area contributed by atoms with Crippen LogP contribution in [0.3, 0.4) is 0 Å². The zero-order chi connectivity index (χ0) is 15.2. The van der Waals surface area contributed by atoms with Gasteiger partial charge in [0.25, 0.3) is 5.91 Å². The molecule has 0 fully saturated rings. The largest absolute Gasteiger partial charge is 0.348 e. The van der Waals surface area contributed by atoms with Gasteiger partial charge in [-0.15, -0.1) is 0 Å². The lowest BCUT2D eigenvalue weighted by Crippen LogP contribution is -2.23. The molecule has 0 aliphatic carbocycles. The molecule has 0 spiro atoms. The van der Waals surface area contributed by atoms with Gasteiger partial charge < -0.3 is 5.32 Å². The van der Waals surface area contributed by atoms with Crippen LogP contribution in [0.2, 0.25) is 10.2 Å². The molecule has 0 unspecified atom stereocenters. The predicted octanol–water partition coefficient (Wildman–Crippen LogP) is 4.27. The third-order valence-electron chi connectivity index (χ3n) is 2.98. The molecule has 1 N–H and O–H groups in total. The summed E-state index contributed by atoms with van der Waals surface area (Å²) in [5, 5.41) is 3.88. The van der Waals surface area contributed by atoms with E-state index >= 15 is 0 Å². The summed E-state index contributed by atoms with van der Waals surface area (Å²) >= 11 is 11.8. The van der Waals surface area contributed by atoms with Crippen LogP contribution in [0.4, 0.5) is 0 Å². The third-order valence-corrected chi connectivity index (χ3v) is 3.43. The molecule has 21 heavy (non-hydrogen) atoms. The Morgan fingerprint density at radius 1 is 1.19 bits per heavy atom. The van der Waals surface area contributed by atoms with Crippen molar-refractivity contribution >= 4 is 29.1 Å². The van der Waals surface area contributed by atoms with E-state index in [4.69, 9.17) is 23.2 Å². The van der Waals surface area contributed by atoms with Gasteiger partial charge in [0.1, 0.15) is 5.15 Å². The predicted molar refractivity (Wildman–Crippen MR) is 85.9 cm³/mol. The zero-order valence-electron chi connectivity index (χ0n) is 11.7. The first kappa shape index (κ1) is 15.8. The molecule has 0 atom stereocenters. The third kappa shape index (κ3) is 4.73. The van der Waals surface area contributed by atoms with Crippen LogP contribution in [0.25, 0.3) is 0 Å². The molecule has 1 amide bonds. The van der Waals surface area contributed by atoms with Gasteiger partial charge >= 0.3 is 0 Å². The van der Waals surface area contributed by atoms with Gasteiger partial charge in [-0.1, -0.05) is 48.7 Å². The number of rotatable bonds is 5. The lowest BCUT2D eigenvalue weighted by molar-refractivity contribution is 0.0950. The second kappa shape index (κ2) is 7.43. The van der Waals surface area contributed by atoms with Crippen LogP contribution < -0.4 is 5.32 Å². The summed E-state index contributed by atoms with van der Waals surface area (Å²) in [5.74, 6) is -0.161. The van der Waals surface area contributed by atoms with Gasteiger partial charge in [-0.25, -0.2) is 4.98 Å². The van der Waals surface area contributed by atoms with Crippen LogP contribution in [-0.4, -0.2) is 10.9 Å². The number of aromatic nitrogens is 1. The number of carbonyl (C=O) groups is 1. The van der Waals surface area contributed by atoms with Crippen molar-refractivity contribution in [2.75, 3.05) is 0 Å². The number of carbonyl (C=O) groups excluding carboxylic acids is 1. The molecular formula is C16H16Cl2N2O. The minimum Gasteiger partial charge on any atom is -0.348 e. The Hall–Kier alpha value is -1.58. The molecule has 110 valence electrons. The maximum absolute atomic E-state index is 12.2. The van der Waals surface area contributed by atoms with E-state index in [1.54, 1.807) is 24.3 Å². The summed E-state index contributed by atoms with van der Waals surface area (Å²) in [6, 6.07) is 10.7. The molecule has 0 saturated carbocycles. The van der Waals surface area contributed by atoms with Gasteiger partial charge in [-0.05, 0) is 36.2 Å². The van der Waals surface area contributed by atoms with Gasteiger partial charge in [0.05, 0.1) is 0 Å². The van der Waals surface area contributed by atoms with Crippen LogP contribution in [0.1, 0.15) is 35.0 Å². The molecule has 2 aromatic rings. The second-order valence-corrected chi connectivity index (χ2v) is 5.55. The van der Waals surface area contributed by atoms with Crippen LogP contribution in [0.15, 0.2) is 36.4 Å². The van der Waals surface area contributed by atoms with E-state index in [0.29, 0.717) is 22.3 Å². The number of nitrogens with zero attached hydrogens (tertiary/aromatic N) is 1. The highest BCUT2D eigenvalue weighted by atomic mass is 35.5. The topological polar surface area (TPSA) is 42.0 Å². The molecule has 3 nitrogen and oxygen atoms in total. The van der Waals surface area contributed by atoms with Gasteiger partial charge in [0.15, 0.2) is 0 Å². The van der Waals surface area contributed by atoms with Gasteiger partial charge in [0.2, 0.25) is 0 Å². The first-order valence-electron chi connectivity index (χ1n) is 6.77. The lowest BCUT2D eigenvalue weighted by Gasteiger charge is -2.07. The number of nitrogens with one attached hydrogen (secondary N) is 1. The van der Waals surface area contributed by atoms with Gasteiger partial charge in [0, 0.05) is 22.8 Å². The second-order valence-electron chi connectivity index (χ2n) is 4.73. The highest BCUT2D eigenvalue weighted by Crippen LogP contribution is 2.13. The Morgan fingerprint density at radius 3 is 2.57 bits per heavy atom. The highest BCUT2D eigenvalue weighted by molar-refractivity contribution is 6.30. The summed E-state index contributed by atoms with van der Waals surface area (Å²) in [4.78, 5) is 16.4. The van der Waals surface area contributed by atoms with Crippen molar-refractivity contribution in [3.63, 3.8) is 0 Å². The summed E-state index contributed by atoms with van der Waals surface area (Å²) in [6.07, 6.45) is 1.76. The molecule has 1 heterocycles. The van der Waals surface area contributed by atoms with Crippen molar-refractivity contribution in [3.05, 3.63) is 63.4 Å². The Morgan fingerprint density at radius 2 is 1.90 bits per heavy atom. The van der Waals surface area contributed by atoms with E-state index in [9.17, 15) is 4.79 Å². The molecule has 1 aromatic carbocycles. The quantitative estimate of drug-likeness (QED) is 0.835. The van der Waals surface area contributed by atoms with Crippen molar-refractivity contribution in [1.82, 2.24) is 10.3 Å². The average molecular weight is 323 g/mol. The molecule has 2 rings (SSSR count). The van der Waals surface area contributed by atoms with E-state index in [2.05, 4.69) is 17.2 Å². The summed E-state index contributed by atoms with van der Waals surface area (Å²) in [7, 11) is 0. The van der Waals surface area contributed by atoms with Crippen LogP contribution in [0, 0.1) is 0 Å². The Kier molecular flexibility index (Phi) is 5.59. The fraction of sp³-hybridized carbons (Fsp3) is 0.250. The smallest absolute Gasteiger partial charge is 0.251 e. The minimum atomic E-state index is -0.161. The van der Waals surface area contributed by atoms with E-state index < -0.39 is 0 Å². The fourth-order valence-electron chi connectivity index (χ4n) is 1.95. The summed E-state index contributed by atoms with van der Waals surface area (Å²) < 4.78 is 0. The van der Waals surface area contributed by atoms with Crippen molar-refractivity contribution in [1.29, 1.82) is 0 Å². The standard InChI is InChI=1S/C16H16Cl2N2O/c1-2-3-14-8-12(9-15(18)20-14)16(21)19-10-11-4-6-13(17)7-5-11/h4-9H,2-3,10H2,1H3,(H,19,21). The highest BCUT2D eigenvalue weighted by Gasteiger charge is 2.09.